The fourth-order valence-corrected chi connectivity index (χ4v) is 1.94. The van der Waals surface area contributed by atoms with Crippen LogP contribution in [-0.2, 0) is 0 Å². The molecule has 0 aliphatic heterocycles. The van der Waals surface area contributed by atoms with E-state index < -0.39 is 6.04 Å². The van der Waals surface area contributed by atoms with Crippen LogP contribution in [-0.4, -0.2) is 10.9 Å². The Kier molecular flexibility index (Phi) is 4.12. The van der Waals surface area contributed by atoms with Gasteiger partial charge in [-0.3, -0.25) is 9.78 Å². The van der Waals surface area contributed by atoms with Crippen molar-refractivity contribution >= 4 is 17.5 Å². The molecule has 0 aliphatic carbocycles. The number of rotatable bonds is 3. The third-order valence-corrected chi connectivity index (χ3v) is 3.04. The monoisotopic (exact) mass is 278 g/mol. The van der Waals surface area contributed by atoms with Crippen LogP contribution in [0.5, 0.6) is 0 Å². The van der Waals surface area contributed by atoms with Crippen LogP contribution in [0.3, 0.4) is 0 Å². The molecular formula is C14H12ClFN2O. The Morgan fingerprint density at radius 3 is 2.79 bits per heavy atom. The number of nitrogens with zero attached hydrogens (tertiary/aromatic N) is 1. The van der Waals surface area contributed by atoms with Crippen molar-refractivity contribution in [2.75, 3.05) is 0 Å². The van der Waals surface area contributed by atoms with E-state index in [-0.39, 0.29) is 16.7 Å². The maximum Gasteiger partial charge on any atom is 0.253 e. The van der Waals surface area contributed by atoms with Crippen molar-refractivity contribution < 1.29 is 9.18 Å². The highest BCUT2D eigenvalue weighted by Gasteiger charge is 2.16. The Balaban J connectivity index is 2.16. The Morgan fingerprint density at radius 1 is 1.37 bits per heavy atom. The van der Waals surface area contributed by atoms with Crippen molar-refractivity contribution in [2.45, 2.75) is 13.0 Å². The lowest BCUT2D eigenvalue weighted by Gasteiger charge is -2.15. The quantitative estimate of drug-likeness (QED) is 0.935. The van der Waals surface area contributed by atoms with E-state index in [1.807, 2.05) is 0 Å². The van der Waals surface area contributed by atoms with Crippen LogP contribution >= 0.6 is 11.6 Å². The normalized spacial score (nSPS) is 11.9. The van der Waals surface area contributed by atoms with Crippen LogP contribution in [0.2, 0.25) is 5.02 Å². The minimum Gasteiger partial charge on any atom is -0.345 e. The average Bonchev–Trinajstić information content (AvgIpc) is 2.39. The molecule has 1 atom stereocenters. The summed E-state index contributed by atoms with van der Waals surface area (Å²) in [5.41, 5.74) is 0.751. The number of carbonyl (C=O) groups excluding carboxylic acids is 1. The van der Waals surface area contributed by atoms with Crippen molar-refractivity contribution in [1.29, 1.82) is 0 Å². The fraction of sp³-hybridized carbons (Fsp3) is 0.143. The lowest BCUT2D eigenvalue weighted by atomic mass is 10.1. The molecule has 0 spiro atoms. The van der Waals surface area contributed by atoms with E-state index >= 15 is 0 Å². The first kappa shape index (κ1) is 13.5. The van der Waals surface area contributed by atoms with Gasteiger partial charge < -0.3 is 5.32 Å². The summed E-state index contributed by atoms with van der Waals surface area (Å²) < 4.78 is 13.6. The van der Waals surface area contributed by atoms with Gasteiger partial charge in [0.05, 0.1) is 16.6 Å². The summed E-state index contributed by atoms with van der Waals surface area (Å²) in [6.07, 6.45) is 2.87. The molecule has 1 N–H and O–H groups in total. The minimum atomic E-state index is -0.446. The van der Waals surface area contributed by atoms with Gasteiger partial charge in [-0.1, -0.05) is 29.8 Å². The van der Waals surface area contributed by atoms with E-state index in [9.17, 15) is 9.18 Å². The number of halogens is 2. The Bertz CT molecular complexity index is 604. The predicted molar refractivity (Wildman–Crippen MR) is 71.5 cm³/mol. The summed E-state index contributed by atoms with van der Waals surface area (Å²) in [5, 5.41) is 2.97. The lowest BCUT2D eigenvalue weighted by Crippen LogP contribution is -2.27. The summed E-state index contributed by atoms with van der Waals surface area (Å²) in [4.78, 5) is 15.8. The molecule has 2 rings (SSSR count). The zero-order chi connectivity index (χ0) is 13.8. The van der Waals surface area contributed by atoms with Gasteiger partial charge in [-0.15, -0.1) is 0 Å². The molecule has 1 heterocycles. The Morgan fingerprint density at radius 2 is 2.11 bits per heavy atom. The molecule has 1 aromatic heterocycles. The second kappa shape index (κ2) is 5.80. The molecule has 0 saturated heterocycles. The fourth-order valence-electron chi connectivity index (χ4n) is 1.74. The number of carbonyl (C=O) groups is 1. The molecule has 0 bridgehead atoms. The SMILES string of the molecule is CC(NC(=O)c1ccncc1Cl)c1ccccc1F. The molecular weight excluding hydrogens is 267 g/mol. The van der Waals surface area contributed by atoms with Gasteiger partial charge in [0.25, 0.3) is 5.91 Å². The first-order chi connectivity index (χ1) is 9.09. The van der Waals surface area contributed by atoms with E-state index in [2.05, 4.69) is 10.3 Å². The van der Waals surface area contributed by atoms with Gasteiger partial charge >= 0.3 is 0 Å². The summed E-state index contributed by atoms with van der Waals surface area (Å²) in [7, 11) is 0. The molecule has 1 aromatic carbocycles. The maximum absolute atomic E-state index is 13.6. The zero-order valence-electron chi connectivity index (χ0n) is 10.2. The second-order valence-electron chi connectivity index (χ2n) is 4.07. The Labute approximate surface area is 115 Å². The summed E-state index contributed by atoms with van der Waals surface area (Å²) in [5.74, 6) is -0.709. The summed E-state index contributed by atoms with van der Waals surface area (Å²) >= 11 is 5.88. The van der Waals surface area contributed by atoms with Crippen LogP contribution in [0.1, 0.15) is 28.9 Å². The zero-order valence-corrected chi connectivity index (χ0v) is 11.0. The minimum absolute atomic E-state index is 0.265. The molecule has 1 amide bonds. The molecule has 19 heavy (non-hydrogen) atoms. The van der Waals surface area contributed by atoms with Crippen LogP contribution in [0.4, 0.5) is 4.39 Å². The smallest absolute Gasteiger partial charge is 0.253 e. The third kappa shape index (κ3) is 3.09. The molecule has 0 aliphatic rings. The number of aromatic nitrogens is 1. The van der Waals surface area contributed by atoms with E-state index in [4.69, 9.17) is 11.6 Å². The molecule has 5 heteroatoms. The largest absolute Gasteiger partial charge is 0.345 e. The van der Waals surface area contributed by atoms with Crippen molar-refractivity contribution in [3.8, 4) is 0 Å². The molecule has 1 unspecified atom stereocenters. The number of nitrogens with one attached hydrogen (secondary N) is 1. The highest BCUT2D eigenvalue weighted by atomic mass is 35.5. The van der Waals surface area contributed by atoms with Crippen molar-refractivity contribution in [2.24, 2.45) is 0 Å². The van der Waals surface area contributed by atoms with Crippen molar-refractivity contribution in [3.05, 3.63) is 64.7 Å². The molecule has 0 fully saturated rings. The predicted octanol–water partition coefficient (Wildman–Crippen LogP) is 3.37. The summed E-state index contributed by atoms with van der Waals surface area (Å²) in [6.45, 7) is 1.71. The van der Waals surface area contributed by atoms with Gasteiger partial charge in [0.1, 0.15) is 5.82 Å². The molecule has 2 aromatic rings. The number of hydrogen-bond donors (Lipinski definition) is 1. The molecule has 0 radical (unpaired) electrons. The highest BCUT2D eigenvalue weighted by Crippen LogP contribution is 2.18. The van der Waals surface area contributed by atoms with E-state index in [0.29, 0.717) is 11.1 Å². The van der Waals surface area contributed by atoms with Gasteiger partial charge in [0.15, 0.2) is 0 Å². The van der Waals surface area contributed by atoms with Crippen molar-refractivity contribution in [1.82, 2.24) is 10.3 Å². The second-order valence-corrected chi connectivity index (χ2v) is 4.48. The number of hydrogen-bond acceptors (Lipinski definition) is 2. The van der Waals surface area contributed by atoms with Gasteiger partial charge in [-0.2, -0.15) is 0 Å². The topological polar surface area (TPSA) is 42.0 Å². The third-order valence-electron chi connectivity index (χ3n) is 2.74. The van der Waals surface area contributed by atoms with Crippen LogP contribution in [0.15, 0.2) is 42.7 Å². The van der Waals surface area contributed by atoms with Crippen LogP contribution in [0, 0.1) is 5.82 Å². The van der Waals surface area contributed by atoms with Gasteiger partial charge in [-0.25, -0.2) is 4.39 Å². The van der Waals surface area contributed by atoms with Gasteiger partial charge in [0.2, 0.25) is 0 Å². The molecule has 0 saturated carbocycles. The van der Waals surface area contributed by atoms with Crippen molar-refractivity contribution in [3.63, 3.8) is 0 Å². The number of amides is 1. The lowest BCUT2D eigenvalue weighted by molar-refractivity contribution is 0.0939. The standard InChI is InChI=1S/C14H12ClFN2O/c1-9(10-4-2-3-5-13(10)16)18-14(19)11-6-7-17-8-12(11)15/h2-9H,1H3,(H,18,19). The van der Waals surface area contributed by atoms with Gasteiger partial charge in [0, 0.05) is 18.0 Å². The van der Waals surface area contributed by atoms with Crippen LogP contribution < -0.4 is 5.32 Å². The van der Waals surface area contributed by atoms with Crippen LogP contribution in [0.25, 0.3) is 0 Å². The first-order valence-electron chi connectivity index (χ1n) is 5.74. The average molecular weight is 279 g/mol. The van der Waals surface area contributed by atoms with E-state index in [1.165, 1.54) is 24.5 Å². The molecule has 98 valence electrons. The highest BCUT2D eigenvalue weighted by molar-refractivity contribution is 6.33. The van der Waals surface area contributed by atoms with E-state index in [1.54, 1.807) is 25.1 Å². The summed E-state index contributed by atoms with van der Waals surface area (Å²) in [6, 6.07) is 7.39. The van der Waals surface area contributed by atoms with E-state index in [0.717, 1.165) is 0 Å². The Hall–Kier alpha value is -1.94. The number of benzene rings is 1. The maximum atomic E-state index is 13.6. The van der Waals surface area contributed by atoms with Gasteiger partial charge in [-0.05, 0) is 19.1 Å². The first-order valence-corrected chi connectivity index (χ1v) is 6.12. The number of pyridine rings is 1. The molecule has 3 nitrogen and oxygen atoms in total.